The Morgan fingerprint density at radius 1 is 1.30 bits per heavy atom. The summed E-state index contributed by atoms with van der Waals surface area (Å²) >= 11 is 3.23. The van der Waals surface area contributed by atoms with E-state index in [2.05, 4.69) is 33.7 Å². The molecule has 7 heteroatoms. The van der Waals surface area contributed by atoms with Crippen LogP contribution < -0.4 is 0 Å². The fourth-order valence-corrected chi connectivity index (χ4v) is 5.56. The van der Waals surface area contributed by atoms with Gasteiger partial charge in [-0.05, 0) is 30.9 Å². The molecule has 27 heavy (non-hydrogen) atoms. The van der Waals surface area contributed by atoms with Crippen LogP contribution in [0.15, 0.2) is 41.0 Å². The Balaban J connectivity index is 1.26. The molecule has 2 aromatic heterocycles. The average Bonchev–Trinajstić information content (AvgIpc) is 3.32. The second-order valence-electron chi connectivity index (χ2n) is 6.91. The highest BCUT2D eigenvalue weighted by molar-refractivity contribution is 8.01. The van der Waals surface area contributed by atoms with E-state index in [4.69, 9.17) is 0 Å². The highest BCUT2D eigenvalue weighted by Crippen LogP contribution is 2.30. The lowest BCUT2D eigenvalue weighted by Crippen LogP contribution is -2.40. The molecule has 3 heterocycles. The molecular formula is C20H24N4OS2. The summed E-state index contributed by atoms with van der Waals surface area (Å²) < 4.78 is 4.43. The highest BCUT2D eigenvalue weighted by Gasteiger charge is 2.23. The number of amides is 1. The third kappa shape index (κ3) is 4.35. The number of hydrogen-bond donors (Lipinski definition) is 0. The zero-order chi connectivity index (χ0) is 18.6. The van der Waals surface area contributed by atoms with Crippen molar-refractivity contribution in [2.24, 2.45) is 5.92 Å². The number of likely N-dealkylation sites (tertiary alicyclic amines) is 1. The summed E-state index contributed by atoms with van der Waals surface area (Å²) in [6.45, 7) is 4.88. The maximum absolute atomic E-state index is 12.6. The molecule has 142 valence electrons. The molecule has 0 bridgehead atoms. The summed E-state index contributed by atoms with van der Waals surface area (Å²) in [5.74, 6) is 2.49. The van der Waals surface area contributed by atoms with Crippen molar-refractivity contribution >= 4 is 39.2 Å². The van der Waals surface area contributed by atoms with Gasteiger partial charge in [-0.1, -0.05) is 30.8 Å². The number of aryl methyl sites for hydroxylation is 1. The quantitative estimate of drug-likeness (QED) is 0.585. The van der Waals surface area contributed by atoms with Gasteiger partial charge in [-0.15, -0.1) is 11.3 Å². The maximum Gasteiger partial charge on any atom is 0.233 e. The van der Waals surface area contributed by atoms with Gasteiger partial charge in [0.25, 0.3) is 0 Å². The summed E-state index contributed by atoms with van der Waals surface area (Å²) in [4.78, 5) is 23.6. The van der Waals surface area contributed by atoms with Gasteiger partial charge in [-0.2, -0.15) is 0 Å². The van der Waals surface area contributed by atoms with Crippen LogP contribution in [0.1, 0.15) is 25.6 Å². The first-order valence-corrected chi connectivity index (χ1v) is 11.3. The molecule has 1 aliphatic heterocycles. The zero-order valence-corrected chi connectivity index (χ0v) is 17.1. The molecular weight excluding hydrogens is 376 g/mol. The highest BCUT2D eigenvalue weighted by atomic mass is 32.2. The van der Waals surface area contributed by atoms with Crippen molar-refractivity contribution in [3.63, 3.8) is 0 Å². The van der Waals surface area contributed by atoms with Crippen LogP contribution in [0.4, 0.5) is 0 Å². The van der Waals surface area contributed by atoms with Crippen LogP contribution in [0, 0.1) is 5.92 Å². The predicted molar refractivity (Wildman–Crippen MR) is 111 cm³/mol. The molecule has 0 spiro atoms. The topological polar surface area (TPSA) is 51.0 Å². The average molecular weight is 401 g/mol. The van der Waals surface area contributed by atoms with E-state index < -0.39 is 0 Å². The Morgan fingerprint density at radius 2 is 2.11 bits per heavy atom. The molecule has 0 saturated carbocycles. The Bertz CT molecular complexity index is 878. The van der Waals surface area contributed by atoms with E-state index in [1.165, 1.54) is 4.70 Å². The van der Waals surface area contributed by atoms with Gasteiger partial charge in [0.2, 0.25) is 5.91 Å². The number of fused-ring (bicyclic) bond motifs is 1. The van der Waals surface area contributed by atoms with Gasteiger partial charge in [-0.25, -0.2) is 9.97 Å². The number of carbonyl (C=O) groups excluding carboxylic acids is 1. The molecule has 5 nitrogen and oxygen atoms in total. The normalized spacial score (nSPS) is 15.5. The van der Waals surface area contributed by atoms with Gasteiger partial charge in [0.1, 0.15) is 5.82 Å². The Morgan fingerprint density at radius 3 is 2.89 bits per heavy atom. The van der Waals surface area contributed by atoms with Crippen molar-refractivity contribution in [1.29, 1.82) is 0 Å². The van der Waals surface area contributed by atoms with E-state index in [1.807, 2.05) is 29.3 Å². The number of imidazole rings is 1. The molecule has 1 saturated heterocycles. The van der Waals surface area contributed by atoms with E-state index >= 15 is 0 Å². The van der Waals surface area contributed by atoms with Gasteiger partial charge < -0.3 is 9.47 Å². The second kappa shape index (κ2) is 8.44. The molecule has 4 rings (SSSR count). The lowest BCUT2D eigenvalue weighted by molar-refractivity contribution is -0.129. The number of benzene rings is 1. The fraction of sp³-hybridized carbons (Fsp3) is 0.450. The number of thiazole rings is 1. The second-order valence-corrected chi connectivity index (χ2v) is 9.16. The maximum atomic E-state index is 12.6. The van der Waals surface area contributed by atoms with Crippen molar-refractivity contribution in [2.75, 3.05) is 18.8 Å². The van der Waals surface area contributed by atoms with Crippen LogP contribution in [0.3, 0.4) is 0 Å². The number of piperidine rings is 1. The van der Waals surface area contributed by atoms with Crippen molar-refractivity contribution in [3.8, 4) is 0 Å². The molecule has 0 N–H and O–H groups in total. The number of carbonyl (C=O) groups is 1. The number of thioether (sulfide) groups is 1. The molecule has 1 fully saturated rings. The van der Waals surface area contributed by atoms with Crippen LogP contribution >= 0.6 is 23.1 Å². The lowest BCUT2D eigenvalue weighted by atomic mass is 9.96. The minimum Gasteiger partial charge on any atom is -0.342 e. The number of aromatic nitrogens is 3. The van der Waals surface area contributed by atoms with Crippen molar-refractivity contribution in [3.05, 3.63) is 42.5 Å². The Hall–Kier alpha value is -1.86. The van der Waals surface area contributed by atoms with E-state index in [-0.39, 0.29) is 5.91 Å². The number of nitrogens with zero attached hydrogens (tertiary/aromatic N) is 4. The molecule has 0 unspecified atom stereocenters. The Labute approximate surface area is 167 Å². The summed E-state index contributed by atoms with van der Waals surface area (Å²) in [6.07, 6.45) is 7.06. The van der Waals surface area contributed by atoms with Crippen LogP contribution in [-0.2, 0) is 17.8 Å². The van der Waals surface area contributed by atoms with Crippen molar-refractivity contribution in [2.45, 2.75) is 37.1 Å². The molecule has 3 aromatic rings. The molecule has 1 aromatic carbocycles. The molecule has 0 radical (unpaired) electrons. The minimum atomic E-state index is 0.231. The zero-order valence-electron chi connectivity index (χ0n) is 15.5. The summed E-state index contributed by atoms with van der Waals surface area (Å²) in [5, 5.41) is 0. The number of para-hydroxylation sites is 1. The van der Waals surface area contributed by atoms with Gasteiger partial charge in [0.05, 0.1) is 16.0 Å². The van der Waals surface area contributed by atoms with Gasteiger partial charge in [-0.3, -0.25) is 4.79 Å². The first-order valence-electron chi connectivity index (χ1n) is 9.49. The lowest BCUT2D eigenvalue weighted by Gasteiger charge is -2.32. The third-order valence-electron chi connectivity index (χ3n) is 5.13. The molecule has 0 atom stereocenters. The molecule has 0 aliphatic carbocycles. The van der Waals surface area contributed by atoms with Crippen molar-refractivity contribution < 1.29 is 4.79 Å². The first-order chi connectivity index (χ1) is 13.2. The summed E-state index contributed by atoms with van der Waals surface area (Å²) in [5.41, 5.74) is 1.02. The smallest absolute Gasteiger partial charge is 0.233 e. The molecule has 1 aliphatic rings. The first kappa shape index (κ1) is 18.5. The number of rotatable bonds is 6. The van der Waals surface area contributed by atoms with Crippen LogP contribution in [0.5, 0.6) is 0 Å². The number of hydrogen-bond acceptors (Lipinski definition) is 5. The van der Waals surface area contributed by atoms with E-state index in [1.54, 1.807) is 23.1 Å². The third-order valence-corrected chi connectivity index (χ3v) is 7.30. The van der Waals surface area contributed by atoms with Crippen molar-refractivity contribution in [1.82, 2.24) is 19.4 Å². The summed E-state index contributed by atoms with van der Waals surface area (Å²) in [6, 6.07) is 8.12. The van der Waals surface area contributed by atoms with E-state index in [0.29, 0.717) is 11.7 Å². The van der Waals surface area contributed by atoms with Gasteiger partial charge in [0, 0.05) is 38.4 Å². The van der Waals surface area contributed by atoms with Gasteiger partial charge >= 0.3 is 0 Å². The fourth-order valence-electron chi connectivity index (χ4n) is 3.59. The minimum absolute atomic E-state index is 0.231. The molecule has 1 amide bonds. The largest absolute Gasteiger partial charge is 0.342 e. The van der Waals surface area contributed by atoms with E-state index in [0.717, 1.165) is 54.6 Å². The monoisotopic (exact) mass is 400 g/mol. The van der Waals surface area contributed by atoms with E-state index in [9.17, 15) is 4.79 Å². The van der Waals surface area contributed by atoms with Crippen LogP contribution in [0.2, 0.25) is 0 Å². The predicted octanol–water partition coefficient (Wildman–Crippen LogP) is 4.09. The van der Waals surface area contributed by atoms with Crippen LogP contribution in [-0.4, -0.2) is 44.2 Å². The standard InChI is InChI=1S/C20H24N4OS2/c1-2-18-21-9-12-24(18)13-15-7-10-23(11-8-15)19(25)14-26-20-22-16-5-3-4-6-17(16)27-20/h3-6,9,12,15H,2,7-8,10-11,13-14H2,1H3. The summed E-state index contributed by atoms with van der Waals surface area (Å²) in [7, 11) is 0. The Kier molecular flexibility index (Phi) is 5.78. The van der Waals surface area contributed by atoms with Gasteiger partial charge in [0.15, 0.2) is 4.34 Å². The van der Waals surface area contributed by atoms with Crippen LogP contribution in [0.25, 0.3) is 10.2 Å². The SMILES string of the molecule is CCc1nccn1CC1CCN(C(=O)CSc2nc3ccccc3s2)CC1.